The minimum absolute atomic E-state index is 0.136. The van der Waals surface area contributed by atoms with Gasteiger partial charge in [-0.15, -0.1) is 0 Å². The van der Waals surface area contributed by atoms with Crippen molar-refractivity contribution < 1.29 is 9.90 Å². The van der Waals surface area contributed by atoms with Gasteiger partial charge in [-0.25, -0.2) is 0 Å². The Morgan fingerprint density at radius 3 is 2.88 bits per heavy atom. The van der Waals surface area contributed by atoms with Crippen LogP contribution < -0.4 is 5.32 Å². The van der Waals surface area contributed by atoms with Crippen molar-refractivity contribution in [1.82, 2.24) is 20.1 Å². The van der Waals surface area contributed by atoms with Gasteiger partial charge in [-0.3, -0.25) is 14.5 Å². The molecule has 0 aliphatic carbocycles. The molecule has 0 fully saturated rings. The van der Waals surface area contributed by atoms with E-state index in [1.807, 2.05) is 23.7 Å². The second kappa shape index (κ2) is 6.93. The largest absolute Gasteiger partial charge is 0.506 e. The lowest BCUT2D eigenvalue weighted by Crippen LogP contribution is -2.23. The molecule has 3 aromatic rings. The third kappa shape index (κ3) is 3.47. The van der Waals surface area contributed by atoms with Crippen LogP contribution in [0, 0.1) is 12.8 Å². The quantitative estimate of drug-likeness (QED) is 0.749. The van der Waals surface area contributed by atoms with Gasteiger partial charge >= 0.3 is 0 Å². The van der Waals surface area contributed by atoms with Crippen LogP contribution in [0.2, 0.25) is 0 Å². The molecule has 3 rings (SSSR count). The highest BCUT2D eigenvalue weighted by molar-refractivity contribution is 5.95. The first kappa shape index (κ1) is 17.0. The third-order valence-corrected chi connectivity index (χ3v) is 4.16. The van der Waals surface area contributed by atoms with Gasteiger partial charge in [0.15, 0.2) is 0 Å². The number of phenolic OH excluding ortho intramolecular Hbond substituents is 1. The first-order chi connectivity index (χ1) is 12.0. The molecule has 25 heavy (non-hydrogen) atoms. The summed E-state index contributed by atoms with van der Waals surface area (Å²) in [6.07, 6.45) is 3.25. The Morgan fingerprint density at radius 2 is 2.12 bits per heavy atom. The van der Waals surface area contributed by atoms with Gasteiger partial charge < -0.3 is 10.4 Å². The number of phenols is 1. The van der Waals surface area contributed by atoms with Crippen molar-refractivity contribution in [3.05, 3.63) is 53.5 Å². The average molecular weight is 338 g/mol. The first-order valence-corrected chi connectivity index (χ1v) is 8.33. The molecule has 130 valence electrons. The molecule has 0 unspecified atom stereocenters. The predicted octanol–water partition coefficient (Wildman–Crippen LogP) is 3.03. The van der Waals surface area contributed by atoms with Crippen molar-refractivity contribution in [3.8, 4) is 5.75 Å². The van der Waals surface area contributed by atoms with Gasteiger partial charge in [0.1, 0.15) is 11.3 Å². The van der Waals surface area contributed by atoms with E-state index in [1.54, 1.807) is 24.5 Å². The Labute approximate surface area is 146 Å². The van der Waals surface area contributed by atoms with Gasteiger partial charge in [0, 0.05) is 30.4 Å². The summed E-state index contributed by atoms with van der Waals surface area (Å²) in [4.78, 5) is 16.7. The molecule has 2 aromatic heterocycles. The van der Waals surface area contributed by atoms with E-state index >= 15 is 0 Å². The zero-order valence-corrected chi connectivity index (χ0v) is 14.7. The van der Waals surface area contributed by atoms with Crippen LogP contribution in [-0.4, -0.2) is 25.8 Å². The van der Waals surface area contributed by atoms with Crippen LogP contribution in [-0.2, 0) is 13.1 Å². The third-order valence-electron chi connectivity index (χ3n) is 4.16. The lowest BCUT2D eigenvalue weighted by Gasteiger charge is -2.10. The molecular weight excluding hydrogens is 316 g/mol. The molecule has 0 bridgehead atoms. The topological polar surface area (TPSA) is 80.0 Å². The molecule has 2 N–H and O–H groups in total. The van der Waals surface area contributed by atoms with Crippen LogP contribution in [0.3, 0.4) is 0 Å². The number of hydrogen-bond acceptors (Lipinski definition) is 4. The van der Waals surface area contributed by atoms with E-state index in [2.05, 4.69) is 29.2 Å². The van der Waals surface area contributed by atoms with E-state index in [9.17, 15) is 9.90 Å². The molecule has 0 saturated carbocycles. The fourth-order valence-electron chi connectivity index (χ4n) is 2.84. The summed E-state index contributed by atoms with van der Waals surface area (Å²) in [7, 11) is 0. The molecule has 1 amide bonds. The number of aromatic hydroxyl groups is 1. The maximum absolute atomic E-state index is 12.5. The van der Waals surface area contributed by atoms with Gasteiger partial charge in [0.05, 0.1) is 11.8 Å². The van der Waals surface area contributed by atoms with Crippen LogP contribution >= 0.6 is 0 Å². The van der Waals surface area contributed by atoms with Crippen molar-refractivity contribution in [2.75, 3.05) is 0 Å². The van der Waals surface area contributed by atoms with Crippen LogP contribution in [0.1, 0.15) is 35.5 Å². The van der Waals surface area contributed by atoms with E-state index in [0.717, 1.165) is 23.2 Å². The molecule has 0 saturated heterocycles. The maximum atomic E-state index is 12.5. The number of carbonyl (C=O) groups excluding carboxylic acids is 1. The van der Waals surface area contributed by atoms with Crippen LogP contribution in [0.15, 0.2) is 36.7 Å². The van der Waals surface area contributed by atoms with Crippen molar-refractivity contribution in [2.24, 2.45) is 5.92 Å². The fourth-order valence-corrected chi connectivity index (χ4v) is 2.84. The fraction of sp³-hybridized carbons (Fsp3) is 0.316. The standard InChI is InChI=1S/C19H22N4O2/c1-12(2)11-23-13(3)16(10-22-23)19(25)21-9-14-6-7-17(24)18-15(14)5-4-8-20-18/h4-8,10,12,24H,9,11H2,1-3H3,(H,21,25). The second-order valence-corrected chi connectivity index (χ2v) is 6.55. The minimum atomic E-state index is -0.155. The summed E-state index contributed by atoms with van der Waals surface area (Å²) in [5.41, 5.74) is 2.89. The SMILES string of the molecule is Cc1c(C(=O)NCc2ccc(O)c3ncccc23)cnn1CC(C)C. The van der Waals surface area contributed by atoms with Crippen molar-refractivity contribution >= 4 is 16.8 Å². The molecular formula is C19H22N4O2. The number of rotatable bonds is 5. The molecule has 0 aliphatic heterocycles. The van der Waals surface area contributed by atoms with E-state index < -0.39 is 0 Å². The van der Waals surface area contributed by atoms with Crippen LogP contribution in [0.4, 0.5) is 0 Å². The Balaban J connectivity index is 1.77. The first-order valence-electron chi connectivity index (χ1n) is 8.33. The lowest BCUT2D eigenvalue weighted by molar-refractivity contribution is 0.0950. The summed E-state index contributed by atoms with van der Waals surface area (Å²) in [6.45, 7) is 7.28. The number of fused-ring (bicyclic) bond motifs is 1. The second-order valence-electron chi connectivity index (χ2n) is 6.55. The molecule has 0 spiro atoms. The molecule has 2 heterocycles. The highest BCUT2D eigenvalue weighted by Gasteiger charge is 2.15. The van der Waals surface area contributed by atoms with Gasteiger partial charge in [0.2, 0.25) is 0 Å². The summed E-state index contributed by atoms with van der Waals surface area (Å²) in [5, 5.41) is 18.0. The Morgan fingerprint density at radius 1 is 1.32 bits per heavy atom. The monoisotopic (exact) mass is 338 g/mol. The Hall–Kier alpha value is -2.89. The number of carbonyl (C=O) groups is 1. The normalized spacial score (nSPS) is 11.2. The van der Waals surface area contributed by atoms with Crippen molar-refractivity contribution in [2.45, 2.75) is 33.9 Å². The van der Waals surface area contributed by atoms with Crippen molar-refractivity contribution in [3.63, 3.8) is 0 Å². The molecule has 0 aliphatic rings. The maximum Gasteiger partial charge on any atom is 0.255 e. The summed E-state index contributed by atoms with van der Waals surface area (Å²) in [6, 6.07) is 7.10. The molecule has 6 nitrogen and oxygen atoms in total. The number of nitrogens with zero attached hydrogens (tertiary/aromatic N) is 3. The van der Waals surface area contributed by atoms with E-state index in [4.69, 9.17) is 0 Å². The van der Waals surface area contributed by atoms with Gasteiger partial charge in [-0.05, 0) is 30.5 Å². The predicted molar refractivity (Wildman–Crippen MR) is 96.4 cm³/mol. The summed E-state index contributed by atoms with van der Waals surface area (Å²) in [5.74, 6) is 0.444. The minimum Gasteiger partial charge on any atom is -0.506 e. The number of amides is 1. The van der Waals surface area contributed by atoms with Gasteiger partial charge in [-0.2, -0.15) is 5.10 Å². The molecule has 0 atom stereocenters. The number of nitrogens with one attached hydrogen (secondary N) is 1. The highest BCUT2D eigenvalue weighted by Crippen LogP contribution is 2.25. The van der Waals surface area contributed by atoms with E-state index in [0.29, 0.717) is 23.5 Å². The molecule has 0 radical (unpaired) electrons. The van der Waals surface area contributed by atoms with Crippen LogP contribution in [0.25, 0.3) is 10.9 Å². The number of benzene rings is 1. The lowest BCUT2D eigenvalue weighted by atomic mass is 10.1. The number of pyridine rings is 1. The average Bonchev–Trinajstić information content (AvgIpc) is 2.94. The number of aromatic nitrogens is 3. The van der Waals surface area contributed by atoms with E-state index in [-0.39, 0.29) is 11.7 Å². The number of hydrogen-bond donors (Lipinski definition) is 2. The zero-order chi connectivity index (χ0) is 18.0. The zero-order valence-electron chi connectivity index (χ0n) is 14.7. The summed E-state index contributed by atoms with van der Waals surface area (Å²) < 4.78 is 1.86. The molecule has 6 heteroatoms. The van der Waals surface area contributed by atoms with E-state index in [1.165, 1.54) is 0 Å². The van der Waals surface area contributed by atoms with Gasteiger partial charge in [-0.1, -0.05) is 26.0 Å². The smallest absolute Gasteiger partial charge is 0.255 e. The summed E-state index contributed by atoms with van der Waals surface area (Å²) >= 11 is 0. The highest BCUT2D eigenvalue weighted by atomic mass is 16.3. The Bertz CT molecular complexity index is 915. The molecule has 1 aromatic carbocycles. The Kier molecular flexibility index (Phi) is 4.70. The van der Waals surface area contributed by atoms with Crippen LogP contribution in [0.5, 0.6) is 5.75 Å². The van der Waals surface area contributed by atoms with Gasteiger partial charge in [0.25, 0.3) is 5.91 Å². The van der Waals surface area contributed by atoms with Crippen molar-refractivity contribution in [1.29, 1.82) is 0 Å².